The molecule has 4 heteroatoms. The van der Waals surface area contributed by atoms with Gasteiger partial charge in [-0.05, 0) is 0 Å². The summed E-state index contributed by atoms with van der Waals surface area (Å²) < 4.78 is 5.73. The van der Waals surface area contributed by atoms with Crippen LogP contribution in [0.25, 0.3) is 11.3 Å². The summed E-state index contributed by atoms with van der Waals surface area (Å²) in [5.41, 5.74) is 1.33. The summed E-state index contributed by atoms with van der Waals surface area (Å²) in [4.78, 5) is 11.8. The second-order valence-corrected chi connectivity index (χ2v) is 3.83. The lowest BCUT2D eigenvalue weighted by atomic mass is 10.2. The molecular weight excluding hydrogens is 208 g/mol. The number of hydrogen-bond acceptors (Lipinski definition) is 3. The molecule has 76 valence electrons. The van der Waals surface area contributed by atoms with Gasteiger partial charge in [0, 0.05) is 17.3 Å². The second-order valence-electron chi connectivity index (χ2n) is 3.04. The molecule has 0 aliphatic rings. The van der Waals surface area contributed by atoms with Gasteiger partial charge in [0.25, 0.3) is 5.56 Å². The highest BCUT2D eigenvalue weighted by atomic mass is 32.1. The van der Waals surface area contributed by atoms with E-state index in [2.05, 4.69) is 11.0 Å². The van der Waals surface area contributed by atoms with Crippen molar-refractivity contribution in [2.24, 2.45) is 0 Å². The summed E-state index contributed by atoms with van der Waals surface area (Å²) in [7, 11) is 0. The lowest BCUT2D eigenvalue weighted by molar-refractivity contribution is 0.880. The Hall–Kier alpha value is -1.68. The monoisotopic (exact) mass is 218 g/mol. The minimum atomic E-state index is -0.0499. The summed E-state index contributed by atoms with van der Waals surface area (Å²) in [5.74, 6) is 0. The van der Waals surface area contributed by atoms with Crippen LogP contribution < -0.4 is 5.56 Å². The van der Waals surface area contributed by atoms with Crippen molar-refractivity contribution < 1.29 is 0 Å². The SMILES string of the molecule is C=CCn1snc(-c2ccccc2)c1=O. The predicted molar refractivity (Wildman–Crippen MR) is 62.0 cm³/mol. The van der Waals surface area contributed by atoms with Gasteiger partial charge in [-0.2, -0.15) is 4.37 Å². The predicted octanol–water partition coefficient (Wildman–Crippen LogP) is 2.16. The molecule has 0 unspecified atom stereocenters. The maximum Gasteiger partial charge on any atom is 0.288 e. The Morgan fingerprint density at radius 1 is 1.40 bits per heavy atom. The Morgan fingerprint density at radius 2 is 2.13 bits per heavy atom. The summed E-state index contributed by atoms with van der Waals surface area (Å²) in [5, 5.41) is 0. The van der Waals surface area contributed by atoms with Crippen molar-refractivity contribution in [2.45, 2.75) is 6.54 Å². The lowest BCUT2D eigenvalue weighted by Gasteiger charge is -1.92. The molecule has 0 saturated heterocycles. The molecule has 1 aromatic carbocycles. The van der Waals surface area contributed by atoms with E-state index in [0.717, 1.165) is 5.56 Å². The molecular formula is C11H10N2OS. The molecule has 2 rings (SSSR count). The van der Waals surface area contributed by atoms with E-state index >= 15 is 0 Å². The molecule has 0 amide bonds. The fourth-order valence-corrected chi connectivity index (χ4v) is 1.99. The quantitative estimate of drug-likeness (QED) is 0.740. The highest BCUT2D eigenvalue weighted by molar-refractivity contribution is 7.00. The molecule has 0 aliphatic carbocycles. The van der Waals surface area contributed by atoms with E-state index < -0.39 is 0 Å². The summed E-state index contributed by atoms with van der Waals surface area (Å²) in [6.07, 6.45) is 1.69. The number of benzene rings is 1. The smallest absolute Gasteiger partial charge is 0.266 e. The van der Waals surface area contributed by atoms with Crippen LogP contribution in [0.1, 0.15) is 0 Å². The van der Waals surface area contributed by atoms with E-state index in [-0.39, 0.29) is 5.56 Å². The van der Waals surface area contributed by atoms with Crippen molar-refractivity contribution in [3.8, 4) is 11.3 Å². The standard InChI is InChI=1S/C11H10N2OS/c1-2-8-13-11(14)10(12-15-13)9-6-4-3-5-7-9/h2-7H,1,8H2. The molecule has 1 aromatic heterocycles. The topological polar surface area (TPSA) is 34.9 Å². The van der Waals surface area contributed by atoms with E-state index in [4.69, 9.17) is 0 Å². The zero-order valence-corrected chi connectivity index (χ0v) is 8.91. The lowest BCUT2D eigenvalue weighted by Crippen LogP contribution is -2.13. The maximum absolute atomic E-state index is 11.8. The Labute approximate surface area is 91.6 Å². The fraction of sp³-hybridized carbons (Fsp3) is 0.0909. The van der Waals surface area contributed by atoms with Crippen LogP contribution in [0.2, 0.25) is 0 Å². The van der Waals surface area contributed by atoms with Gasteiger partial charge in [0.05, 0.1) is 6.54 Å². The van der Waals surface area contributed by atoms with E-state index in [1.165, 1.54) is 11.7 Å². The highest BCUT2D eigenvalue weighted by Gasteiger charge is 2.08. The first-order valence-electron chi connectivity index (χ1n) is 4.56. The van der Waals surface area contributed by atoms with Crippen molar-refractivity contribution >= 4 is 11.7 Å². The molecule has 0 saturated carbocycles. The van der Waals surface area contributed by atoms with Gasteiger partial charge in [-0.25, -0.2) is 3.96 Å². The van der Waals surface area contributed by atoms with Crippen LogP contribution in [0.15, 0.2) is 47.8 Å². The molecule has 0 spiro atoms. The van der Waals surface area contributed by atoms with Crippen LogP contribution in [-0.4, -0.2) is 8.33 Å². The van der Waals surface area contributed by atoms with Crippen molar-refractivity contribution in [1.82, 2.24) is 8.33 Å². The van der Waals surface area contributed by atoms with E-state index in [9.17, 15) is 4.79 Å². The highest BCUT2D eigenvalue weighted by Crippen LogP contribution is 2.13. The minimum Gasteiger partial charge on any atom is -0.266 e. The fourth-order valence-electron chi connectivity index (χ4n) is 1.29. The molecule has 0 N–H and O–H groups in total. The number of rotatable bonds is 3. The number of nitrogens with zero attached hydrogens (tertiary/aromatic N) is 2. The molecule has 0 radical (unpaired) electrons. The van der Waals surface area contributed by atoms with Crippen molar-refractivity contribution in [3.05, 3.63) is 53.3 Å². The summed E-state index contributed by atoms with van der Waals surface area (Å²) in [6, 6.07) is 9.47. The van der Waals surface area contributed by atoms with Gasteiger partial charge < -0.3 is 0 Å². The molecule has 15 heavy (non-hydrogen) atoms. The Balaban J connectivity index is 2.47. The molecule has 0 bridgehead atoms. The van der Waals surface area contributed by atoms with Gasteiger partial charge >= 0.3 is 0 Å². The van der Waals surface area contributed by atoms with Crippen molar-refractivity contribution in [1.29, 1.82) is 0 Å². The maximum atomic E-state index is 11.8. The zero-order valence-electron chi connectivity index (χ0n) is 8.09. The van der Waals surface area contributed by atoms with Crippen LogP contribution in [0, 0.1) is 0 Å². The molecule has 0 atom stereocenters. The Kier molecular flexibility index (Phi) is 2.78. The first kappa shape index (κ1) is 9.86. The first-order chi connectivity index (χ1) is 7.33. The number of allylic oxidation sites excluding steroid dienone is 1. The van der Waals surface area contributed by atoms with Crippen LogP contribution in [-0.2, 0) is 6.54 Å². The van der Waals surface area contributed by atoms with Gasteiger partial charge in [0.1, 0.15) is 0 Å². The third-order valence-electron chi connectivity index (χ3n) is 2.00. The van der Waals surface area contributed by atoms with Gasteiger partial charge in [-0.1, -0.05) is 36.4 Å². The van der Waals surface area contributed by atoms with E-state index in [1.807, 2.05) is 30.3 Å². The van der Waals surface area contributed by atoms with E-state index in [1.54, 1.807) is 10.0 Å². The van der Waals surface area contributed by atoms with Crippen LogP contribution in [0.3, 0.4) is 0 Å². The minimum absolute atomic E-state index is 0.0499. The van der Waals surface area contributed by atoms with E-state index in [0.29, 0.717) is 12.2 Å². The molecule has 3 nitrogen and oxygen atoms in total. The van der Waals surface area contributed by atoms with Gasteiger partial charge in [0.15, 0.2) is 5.69 Å². The second kappa shape index (κ2) is 4.23. The summed E-state index contributed by atoms with van der Waals surface area (Å²) >= 11 is 1.18. The van der Waals surface area contributed by atoms with Gasteiger partial charge in [-0.3, -0.25) is 4.79 Å². The number of hydrogen-bond donors (Lipinski definition) is 0. The number of aromatic nitrogens is 2. The van der Waals surface area contributed by atoms with Crippen LogP contribution in [0.4, 0.5) is 0 Å². The van der Waals surface area contributed by atoms with Gasteiger partial charge in [0.2, 0.25) is 0 Å². The van der Waals surface area contributed by atoms with Crippen molar-refractivity contribution in [3.63, 3.8) is 0 Å². The summed E-state index contributed by atoms with van der Waals surface area (Å²) in [6.45, 7) is 4.12. The molecule has 2 aromatic rings. The first-order valence-corrected chi connectivity index (χ1v) is 5.29. The third-order valence-corrected chi connectivity index (χ3v) is 2.78. The average Bonchev–Trinajstić information content (AvgIpc) is 2.63. The Morgan fingerprint density at radius 3 is 2.80 bits per heavy atom. The molecule has 1 heterocycles. The average molecular weight is 218 g/mol. The van der Waals surface area contributed by atoms with Gasteiger partial charge in [-0.15, -0.1) is 6.58 Å². The largest absolute Gasteiger partial charge is 0.288 e. The Bertz CT molecular complexity index is 513. The molecule has 0 aliphatic heterocycles. The molecule has 0 fully saturated rings. The normalized spacial score (nSPS) is 10.1. The van der Waals surface area contributed by atoms with Crippen LogP contribution in [0.5, 0.6) is 0 Å². The third kappa shape index (κ3) is 1.89. The van der Waals surface area contributed by atoms with Crippen molar-refractivity contribution in [2.75, 3.05) is 0 Å². The zero-order chi connectivity index (χ0) is 10.7. The van der Waals surface area contributed by atoms with Crippen LogP contribution >= 0.6 is 11.7 Å².